The van der Waals surface area contributed by atoms with E-state index < -0.39 is 0 Å². The number of ether oxygens (including phenoxy) is 1. The minimum Gasteiger partial charge on any atom is -0.447 e. The van der Waals surface area contributed by atoms with Crippen molar-refractivity contribution in [1.82, 2.24) is 9.88 Å². The molecule has 1 saturated carbocycles. The summed E-state index contributed by atoms with van der Waals surface area (Å²) in [6.45, 7) is 0.369. The number of aliphatic hydroxyl groups is 1. The Balaban J connectivity index is 1.95. The number of nitrogens with zero attached hydrogens (tertiary/aromatic N) is 2. The van der Waals surface area contributed by atoms with Gasteiger partial charge >= 0.3 is 6.09 Å². The van der Waals surface area contributed by atoms with Gasteiger partial charge < -0.3 is 9.84 Å². The lowest BCUT2D eigenvalue weighted by atomic mass is 10.3. The smallest absolute Gasteiger partial charge is 0.410 e. The molecule has 1 fully saturated rings. The SMILES string of the molecule is O=C(OCCO)N(Cc1ccccn1)C1CC1. The van der Waals surface area contributed by atoms with E-state index in [1.165, 1.54) is 0 Å². The highest BCUT2D eigenvalue weighted by Gasteiger charge is 2.33. The second kappa shape index (κ2) is 5.63. The maximum absolute atomic E-state index is 11.8. The summed E-state index contributed by atoms with van der Waals surface area (Å²) < 4.78 is 4.94. The lowest BCUT2D eigenvalue weighted by Gasteiger charge is -2.21. The molecule has 17 heavy (non-hydrogen) atoms. The van der Waals surface area contributed by atoms with Gasteiger partial charge in [-0.3, -0.25) is 9.88 Å². The van der Waals surface area contributed by atoms with Crippen LogP contribution in [-0.2, 0) is 11.3 Å². The molecule has 0 saturated heterocycles. The molecule has 0 unspecified atom stereocenters. The molecule has 5 heteroatoms. The normalized spacial score (nSPS) is 14.4. The minimum absolute atomic E-state index is 0.0459. The van der Waals surface area contributed by atoms with Gasteiger partial charge in [0.25, 0.3) is 0 Å². The van der Waals surface area contributed by atoms with Gasteiger partial charge in [0.05, 0.1) is 18.8 Å². The van der Waals surface area contributed by atoms with E-state index >= 15 is 0 Å². The number of amides is 1. The summed E-state index contributed by atoms with van der Waals surface area (Å²) in [5.74, 6) is 0. The average molecular weight is 236 g/mol. The fourth-order valence-corrected chi connectivity index (χ4v) is 1.61. The Morgan fingerprint density at radius 2 is 2.35 bits per heavy atom. The summed E-state index contributed by atoms with van der Waals surface area (Å²) in [6, 6.07) is 5.89. The van der Waals surface area contributed by atoms with Crippen molar-refractivity contribution in [3.8, 4) is 0 Å². The van der Waals surface area contributed by atoms with Crippen LogP contribution in [0.25, 0.3) is 0 Å². The highest BCUT2D eigenvalue weighted by Crippen LogP contribution is 2.28. The van der Waals surface area contributed by atoms with Crippen molar-refractivity contribution >= 4 is 6.09 Å². The minimum atomic E-state index is -0.368. The number of aromatic nitrogens is 1. The van der Waals surface area contributed by atoms with Gasteiger partial charge in [-0.1, -0.05) is 6.07 Å². The Morgan fingerprint density at radius 3 is 2.94 bits per heavy atom. The van der Waals surface area contributed by atoms with E-state index in [0.29, 0.717) is 6.54 Å². The molecule has 1 amide bonds. The Morgan fingerprint density at radius 1 is 1.53 bits per heavy atom. The van der Waals surface area contributed by atoms with Crippen molar-refractivity contribution in [2.45, 2.75) is 25.4 Å². The fourth-order valence-electron chi connectivity index (χ4n) is 1.61. The van der Waals surface area contributed by atoms with Crippen LogP contribution < -0.4 is 0 Å². The molecule has 1 aliphatic carbocycles. The molecule has 2 rings (SSSR count). The zero-order valence-corrected chi connectivity index (χ0v) is 9.58. The van der Waals surface area contributed by atoms with Crippen molar-refractivity contribution in [1.29, 1.82) is 0 Å². The van der Waals surface area contributed by atoms with E-state index in [1.807, 2.05) is 18.2 Å². The van der Waals surface area contributed by atoms with E-state index in [-0.39, 0.29) is 25.3 Å². The largest absolute Gasteiger partial charge is 0.447 e. The molecule has 0 atom stereocenters. The number of rotatable bonds is 5. The number of pyridine rings is 1. The van der Waals surface area contributed by atoms with Gasteiger partial charge in [-0.25, -0.2) is 4.79 Å². The number of carbonyl (C=O) groups excluding carboxylic acids is 1. The first-order chi connectivity index (χ1) is 8.31. The van der Waals surface area contributed by atoms with Crippen LogP contribution in [-0.4, -0.2) is 40.3 Å². The second-order valence-corrected chi connectivity index (χ2v) is 4.02. The van der Waals surface area contributed by atoms with Crippen molar-refractivity contribution in [3.63, 3.8) is 0 Å². The molecule has 1 N–H and O–H groups in total. The zero-order valence-electron chi connectivity index (χ0n) is 9.58. The van der Waals surface area contributed by atoms with Crippen molar-refractivity contribution in [2.75, 3.05) is 13.2 Å². The average Bonchev–Trinajstić information content (AvgIpc) is 3.18. The summed E-state index contributed by atoms with van der Waals surface area (Å²) in [7, 11) is 0. The van der Waals surface area contributed by atoms with Crippen LogP contribution in [0.2, 0.25) is 0 Å². The quantitative estimate of drug-likeness (QED) is 0.833. The molecule has 92 valence electrons. The summed E-state index contributed by atoms with van der Waals surface area (Å²) in [6.07, 6.45) is 3.37. The van der Waals surface area contributed by atoms with Crippen LogP contribution in [0.3, 0.4) is 0 Å². The number of aliphatic hydroxyl groups excluding tert-OH is 1. The maximum atomic E-state index is 11.8. The fraction of sp³-hybridized carbons (Fsp3) is 0.500. The zero-order chi connectivity index (χ0) is 12.1. The number of hydrogen-bond acceptors (Lipinski definition) is 4. The van der Waals surface area contributed by atoms with Gasteiger partial charge in [0.2, 0.25) is 0 Å². The third-order valence-corrected chi connectivity index (χ3v) is 2.60. The second-order valence-electron chi connectivity index (χ2n) is 4.02. The molecular weight excluding hydrogens is 220 g/mol. The number of hydrogen-bond donors (Lipinski definition) is 1. The van der Waals surface area contributed by atoms with E-state index in [0.717, 1.165) is 18.5 Å². The molecule has 0 aliphatic heterocycles. The molecule has 0 bridgehead atoms. The third kappa shape index (κ3) is 3.42. The standard InChI is InChI=1S/C12H16N2O3/c15-7-8-17-12(16)14(11-4-5-11)9-10-3-1-2-6-13-10/h1-3,6,11,15H,4-5,7-9H2. The van der Waals surface area contributed by atoms with E-state index in [2.05, 4.69) is 4.98 Å². The van der Waals surface area contributed by atoms with Crippen LogP contribution in [0.5, 0.6) is 0 Å². The summed E-state index contributed by atoms with van der Waals surface area (Å²) in [5, 5.41) is 8.63. The van der Waals surface area contributed by atoms with E-state index in [9.17, 15) is 4.79 Å². The van der Waals surface area contributed by atoms with Crippen LogP contribution >= 0.6 is 0 Å². The molecule has 0 aromatic carbocycles. The Hall–Kier alpha value is -1.62. The Kier molecular flexibility index (Phi) is 3.93. The van der Waals surface area contributed by atoms with Crippen molar-refractivity contribution < 1.29 is 14.6 Å². The van der Waals surface area contributed by atoms with Crippen LogP contribution in [0.4, 0.5) is 4.79 Å². The predicted molar refractivity (Wildman–Crippen MR) is 61.2 cm³/mol. The van der Waals surface area contributed by atoms with Crippen molar-refractivity contribution in [3.05, 3.63) is 30.1 Å². The molecule has 0 spiro atoms. The highest BCUT2D eigenvalue weighted by molar-refractivity contribution is 5.68. The van der Waals surface area contributed by atoms with Gasteiger partial charge in [0.15, 0.2) is 0 Å². The van der Waals surface area contributed by atoms with Gasteiger partial charge in [0, 0.05) is 12.2 Å². The summed E-state index contributed by atoms with van der Waals surface area (Å²) in [5.41, 5.74) is 0.848. The van der Waals surface area contributed by atoms with Crippen LogP contribution in [0, 0.1) is 0 Å². The lowest BCUT2D eigenvalue weighted by Crippen LogP contribution is -2.34. The maximum Gasteiger partial charge on any atom is 0.410 e. The molecule has 0 radical (unpaired) electrons. The summed E-state index contributed by atoms with van der Waals surface area (Å²) >= 11 is 0. The molecule has 5 nitrogen and oxygen atoms in total. The van der Waals surface area contributed by atoms with Gasteiger partial charge in [-0.2, -0.15) is 0 Å². The van der Waals surface area contributed by atoms with Gasteiger partial charge in [0.1, 0.15) is 6.61 Å². The van der Waals surface area contributed by atoms with Crippen LogP contribution in [0.15, 0.2) is 24.4 Å². The monoisotopic (exact) mass is 236 g/mol. The molecular formula is C12H16N2O3. The van der Waals surface area contributed by atoms with Crippen LogP contribution in [0.1, 0.15) is 18.5 Å². The highest BCUT2D eigenvalue weighted by atomic mass is 16.6. The lowest BCUT2D eigenvalue weighted by molar-refractivity contribution is 0.0794. The molecule has 1 aliphatic rings. The Labute approximate surface area is 100 Å². The topological polar surface area (TPSA) is 62.7 Å². The Bertz CT molecular complexity index is 365. The van der Waals surface area contributed by atoms with E-state index in [4.69, 9.17) is 9.84 Å². The van der Waals surface area contributed by atoms with Crippen molar-refractivity contribution in [2.24, 2.45) is 0 Å². The van der Waals surface area contributed by atoms with Gasteiger partial charge in [-0.05, 0) is 25.0 Å². The molecule has 1 aromatic heterocycles. The predicted octanol–water partition coefficient (Wildman–Crippen LogP) is 1.17. The third-order valence-electron chi connectivity index (χ3n) is 2.60. The first kappa shape index (κ1) is 11.9. The summed E-state index contributed by atoms with van der Waals surface area (Å²) in [4.78, 5) is 17.6. The first-order valence-corrected chi connectivity index (χ1v) is 5.75. The van der Waals surface area contributed by atoms with Gasteiger partial charge in [-0.15, -0.1) is 0 Å². The molecule has 1 aromatic rings. The first-order valence-electron chi connectivity index (χ1n) is 5.75. The molecule has 1 heterocycles. The van der Waals surface area contributed by atoms with E-state index in [1.54, 1.807) is 11.1 Å². The number of carbonyl (C=O) groups is 1.